The third kappa shape index (κ3) is 2.28. The molecule has 0 bridgehead atoms. The zero-order chi connectivity index (χ0) is 12.3. The van der Waals surface area contributed by atoms with Gasteiger partial charge in [-0.25, -0.2) is 0 Å². The Morgan fingerprint density at radius 3 is 2.35 bits per heavy atom. The van der Waals surface area contributed by atoms with Crippen molar-refractivity contribution in [2.24, 2.45) is 5.16 Å². The fourth-order valence-corrected chi connectivity index (χ4v) is 1.71. The minimum atomic E-state index is 0.113. The van der Waals surface area contributed by atoms with Gasteiger partial charge in [-0.05, 0) is 24.6 Å². The van der Waals surface area contributed by atoms with Crippen LogP contribution in [0.4, 0.5) is 0 Å². The first-order chi connectivity index (χ1) is 8.22. The number of benzene rings is 2. The number of nitrogens with zero attached hydrogens (tertiary/aromatic N) is 1. The zero-order valence-corrected chi connectivity index (χ0v) is 9.46. The third-order valence-corrected chi connectivity index (χ3v) is 2.56. The van der Waals surface area contributed by atoms with Crippen LogP contribution in [0.2, 0.25) is 0 Å². The molecule has 0 saturated carbocycles. The van der Waals surface area contributed by atoms with E-state index in [-0.39, 0.29) is 5.75 Å². The van der Waals surface area contributed by atoms with Crippen LogP contribution in [-0.4, -0.2) is 16.0 Å². The van der Waals surface area contributed by atoms with Crippen LogP contribution in [0.3, 0.4) is 0 Å². The number of phenolic OH excluding ortho intramolecular Hbond substituents is 1. The SMILES string of the molecule is Cc1ccc(/C(=N\O)c2ccccc2)c(O)c1. The Morgan fingerprint density at radius 2 is 1.76 bits per heavy atom. The smallest absolute Gasteiger partial charge is 0.125 e. The molecule has 0 radical (unpaired) electrons. The highest BCUT2D eigenvalue weighted by Gasteiger charge is 2.11. The molecular formula is C14H13NO2. The summed E-state index contributed by atoms with van der Waals surface area (Å²) < 4.78 is 0. The first-order valence-electron chi connectivity index (χ1n) is 5.30. The number of hydrogen-bond donors (Lipinski definition) is 2. The van der Waals surface area contributed by atoms with Crippen molar-refractivity contribution in [2.75, 3.05) is 0 Å². The van der Waals surface area contributed by atoms with E-state index >= 15 is 0 Å². The number of oxime groups is 1. The standard InChI is InChI=1S/C14H13NO2/c1-10-7-8-12(13(16)9-10)14(15-17)11-5-3-2-4-6-11/h2-9,16-17H,1H3/b15-14-. The van der Waals surface area contributed by atoms with Crippen molar-refractivity contribution in [1.29, 1.82) is 0 Å². The molecule has 2 aromatic carbocycles. The van der Waals surface area contributed by atoms with E-state index < -0.39 is 0 Å². The largest absolute Gasteiger partial charge is 0.507 e. The highest BCUT2D eigenvalue weighted by atomic mass is 16.4. The van der Waals surface area contributed by atoms with Crippen LogP contribution >= 0.6 is 0 Å². The van der Waals surface area contributed by atoms with Gasteiger partial charge in [0.05, 0.1) is 0 Å². The van der Waals surface area contributed by atoms with Gasteiger partial charge >= 0.3 is 0 Å². The molecule has 86 valence electrons. The summed E-state index contributed by atoms with van der Waals surface area (Å²) in [6, 6.07) is 14.5. The molecule has 3 heteroatoms. The van der Waals surface area contributed by atoms with Crippen molar-refractivity contribution in [1.82, 2.24) is 0 Å². The number of rotatable bonds is 2. The van der Waals surface area contributed by atoms with Gasteiger partial charge in [0.15, 0.2) is 0 Å². The molecule has 0 fully saturated rings. The molecular weight excluding hydrogens is 214 g/mol. The zero-order valence-electron chi connectivity index (χ0n) is 9.46. The summed E-state index contributed by atoms with van der Waals surface area (Å²) in [5.74, 6) is 0.113. The third-order valence-electron chi connectivity index (χ3n) is 2.56. The summed E-state index contributed by atoms with van der Waals surface area (Å²) in [6.07, 6.45) is 0. The molecule has 17 heavy (non-hydrogen) atoms. The second-order valence-electron chi connectivity index (χ2n) is 3.84. The fraction of sp³-hybridized carbons (Fsp3) is 0.0714. The van der Waals surface area contributed by atoms with Gasteiger partial charge in [0, 0.05) is 11.1 Å². The van der Waals surface area contributed by atoms with E-state index in [1.165, 1.54) is 0 Å². The van der Waals surface area contributed by atoms with E-state index in [4.69, 9.17) is 5.21 Å². The highest BCUT2D eigenvalue weighted by molar-refractivity contribution is 6.14. The number of hydrogen-bond acceptors (Lipinski definition) is 3. The first-order valence-corrected chi connectivity index (χ1v) is 5.30. The van der Waals surface area contributed by atoms with E-state index in [0.717, 1.165) is 11.1 Å². The van der Waals surface area contributed by atoms with Crippen LogP contribution in [-0.2, 0) is 0 Å². The van der Waals surface area contributed by atoms with Crippen molar-refractivity contribution in [3.8, 4) is 5.75 Å². The second kappa shape index (κ2) is 4.70. The normalized spacial score (nSPS) is 11.5. The maximum absolute atomic E-state index is 9.86. The lowest BCUT2D eigenvalue weighted by Gasteiger charge is -2.07. The van der Waals surface area contributed by atoms with Crippen LogP contribution in [0.5, 0.6) is 5.75 Å². The van der Waals surface area contributed by atoms with Gasteiger partial charge in [-0.2, -0.15) is 0 Å². The molecule has 0 aliphatic heterocycles. The van der Waals surface area contributed by atoms with E-state index in [0.29, 0.717) is 11.3 Å². The van der Waals surface area contributed by atoms with Gasteiger partial charge < -0.3 is 10.3 Å². The number of phenols is 1. The Hall–Kier alpha value is -2.29. The summed E-state index contributed by atoms with van der Waals surface area (Å²) in [5.41, 5.74) is 2.60. The number of aryl methyl sites for hydroxylation is 1. The van der Waals surface area contributed by atoms with Crippen LogP contribution in [0.15, 0.2) is 53.7 Å². The van der Waals surface area contributed by atoms with Gasteiger partial charge in [0.2, 0.25) is 0 Å². The molecule has 0 amide bonds. The van der Waals surface area contributed by atoms with E-state index in [1.807, 2.05) is 43.3 Å². The predicted molar refractivity (Wildman–Crippen MR) is 66.7 cm³/mol. The topological polar surface area (TPSA) is 52.8 Å². The van der Waals surface area contributed by atoms with Crippen molar-refractivity contribution < 1.29 is 10.3 Å². The fourth-order valence-electron chi connectivity index (χ4n) is 1.71. The molecule has 0 saturated heterocycles. The Balaban J connectivity index is 2.51. The molecule has 3 nitrogen and oxygen atoms in total. The molecule has 0 heterocycles. The lowest BCUT2D eigenvalue weighted by Crippen LogP contribution is -2.03. The van der Waals surface area contributed by atoms with Gasteiger partial charge in [-0.1, -0.05) is 41.6 Å². The molecule has 0 aromatic heterocycles. The van der Waals surface area contributed by atoms with Crippen molar-refractivity contribution >= 4 is 5.71 Å². The van der Waals surface area contributed by atoms with Crippen LogP contribution < -0.4 is 0 Å². The van der Waals surface area contributed by atoms with Crippen LogP contribution in [0.1, 0.15) is 16.7 Å². The lowest BCUT2D eigenvalue weighted by molar-refractivity contribution is 0.319. The minimum Gasteiger partial charge on any atom is -0.507 e. The summed E-state index contributed by atoms with van der Waals surface area (Å²) >= 11 is 0. The van der Waals surface area contributed by atoms with Gasteiger partial charge in [0.25, 0.3) is 0 Å². The summed E-state index contributed by atoms with van der Waals surface area (Å²) in [7, 11) is 0. The molecule has 2 rings (SSSR count). The number of aromatic hydroxyl groups is 1. The van der Waals surface area contributed by atoms with Crippen LogP contribution in [0.25, 0.3) is 0 Å². The van der Waals surface area contributed by atoms with Crippen LogP contribution in [0, 0.1) is 6.92 Å². The van der Waals surface area contributed by atoms with Gasteiger partial charge in [0.1, 0.15) is 11.5 Å². The average Bonchev–Trinajstić information content (AvgIpc) is 2.34. The molecule has 0 aliphatic rings. The Bertz CT molecular complexity index is 547. The monoisotopic (exact) mass is 227 g/mol. The van der Waals surface area contributed by atoms with E-state index in [2.05, 4.69) is 5.16 Å². The van der Waals surface area contributed by atoms with Crippen molar-refractivity contribution in [3.05, 3.63) is 65.2 Å². The van der Waals surface area contributed by atoms with Gasteiger partial charge in [-0.15, -0.1) is 0 Å². The maximum Gasteiger partial charge on any atom is 0.125 e. The van der Waals surface area contributed by atoms with E-state index in [1.54, 1.807) is 12.1 Å². The molecule has 0 unspecified atom stereocenters. The molecule has 2 aromatic rings. The Labute approximate surface area is 99.7 Å². The predicted octanol–water partition coefficient (Wildman–Crippen LogP) is 2.93. The molecule has 0 aliphatic carbocycles. The maximum atomic E-state index is 9.86. The van der Waals surface area contributed by atoms with Gasteiger partial charge in [-0.3, -0.25) is 0 Å². The average molecular weight is 227 g/mol. The first kappa shape index (κ1) is 11.2. The van der Waals surface area contributed by atoms with Crippen molar-refractivity contribution in [3.63, 3.8) is 0 Å². The summed E-state index contributed by atoms with van der Waals surface area (Å²) in [4.78, 5) is 0. The van der Waals surface area contributed by atoms with Crippen molar-refractivity contribution in [2.45, 2.75) is 6.92 Å². The lowest BCUT2D eigenvalue weighted by atomic mass is 10.0. The Morgan fingerprint density at radius 1 is 1.06 bits per heavy atom. The highest BCUT2D eigenvalue weighted by Crippen LogP contribution is 2.22. The second-order valence-corrected chi connectivity index (χ2v) is 3.84. The summed E-state index contributed by atoms with van der Waals surface area (Å²) in [6.45, 7) is 1.89. The Kier molecular flexibility index (Phi) is 3.10. The summed E-state index contributed by atoms with van der Waals surface area (Å²) in [5, 5.41) is 22.2. The molecule has 2 N–H and O–H groups in total. The minimum absolute atomic E-state index is 0.113. The van der Waals surface area contributed by atoms with E-state index in [9.17, 15) is 5.11 Å². The molecule has 0 spiro atoms. The molecule has 0 atom stereocenters. The quantitative estimate of drug-likeness (QED) is 0.471.